The van der Waals surface area contributed by atoms with Crippen LogP contribution in [0.5, 0.6) is 0 Å². The first-order valence-corrected chi connectivity index (χ1v) is 4.39. The molecule has 78 valence electrons. The lowest BCUT2D eigenvalue weighted by atomic mass is 10.1. The van der Waals surface area contributed by atoms with Gasteiger partial charge in [0.1, 0.15) is 0 Å². The van der Waals surface area contributed by atoms with Crippen LogP contribution in [-0.2, 0) is 6.54 Å². The summed E-state index contributed by atoms with van der Waals surface area (Å²) in [4.78, 5) is 15.3. The normalized spacial score (nSPS) is 11.4. The number of carbonyl (C=O) groups excluding carboxylic acids is 1. The van der Waals surface area contributed by atoms with Crippen LogP contribution in [0.4, 0.5) is 0 Å². The number of carbonyl (C=O) groups is 1. The van der Waals surface area contributed by atoms with Crippen molar-refractivity contribution >= 4 is 5.91 Å². The second-order valence-corrected chi connectivity index (χ2v) is 4.03. The van der Waals surface area contributed by atoms with Gasteiger partial charge in [-0.2, -0.15) is 0 Å². The Bertz CT molecular complexity index is 325. The summed E-state index contributed by atoms with van der Waals surface area (Å²) < 4.78 is 5.09. The molecule has 0 aliphatic carbocycles. The van der Waals surface area contributed by atoms with E-state index in [1.54, 1.807) is 0 Å². The molecule has 0 fully saturated rings. The highest BCUT2D eigenvalue weighted by molar-refractivity contribution is 5.91. The summed E-state index contributed by atoms with van der Waals surface area (Å²) in [7, 11) is 0. The van der Waals surface area contributed by atoms with E-state index in [1.165, 1.54) is 6.20 Å². The average Bonchev–Trinajstić information content (AvgIpc) is 2.48. The van der Waals surface area contributed by atoms with Gasteiger partial charge in [0.2, 0.25) is 11.7 Å². The number of nitrogens with two attached hydrogens (primary N) is 1. The molecule has 1 rings (SSSR count). The summed E-state index contributed by atoms with van der Waals surface area (Å²) in [5, 5.41) is 2.76. The molecule has 5 nitrogen and oxygen atoms in total. The maximum atomic E-state index is 11.5. The Balaban J connectivity index is 2.70. The van der Waals surface area contributed by atoms with Crippen molar-refractivity contribution in [1.29, 1.82) is 0 Å². The molecule has 14 heavy (non-hydrogen) atoms. The Labute approximate surface area is 82.7 Å². The van der Waals surface area contributed by atoms with E-state index >= 15 is 0 Å². The van der Waals surface area contributed by atoms with E-state index in [9.17, 15) is 4.79 Å². The van der Waals surface area contributed by atoms with Crippen molar-refractivity contribution in [2.75, 3.05) is 0 Å². The molecule has 0 bridgehead atoms. The molecule has 0 saturated heterocycles. The first-order valence-electron chi connectivity index (χ1n) is 4.39. The van der Waals surface area contributed by atoms with Crippen LogP contribution >= 0.6 is 0 Å². The zero-order chi connectivity index (χ0) is 10.8. The van der Waals surface area contributed by atoms with E-state index in [2.05, 4.69) is 10.3 Å². The Morgan fingerprint density at radius 3 is 2.71 bits per heavy atom. The van der Waals surface area contributed by atoms with Crippen LogP contribution in [0.25, 0.3) is 0 Å². The molecule has 1 aromatic rings. The van der Waals surface area contributed by atoms with Crippen molar-refractivity contribution in [1.82, 2.24) is 10.3 Å². The Morgan fingerprint density at radius 2 is 2.29 bits per heavy atom. The Hall–Kier alpha value is -1.36. The van der Waals surface area contributed by atoms with E-state index in [1.807, 2.05) is 20.8 Å². The molecular formula is C9H15N3O2. The summed E-state index contributed by atoms with van der Waals surface area (Å²) in [5.74, 6) is 0.286. The second-order valence-electron chi connectivity index (χ2n) is 4.03. The van der Waals surface area contributed by atoms with Crippen molar-refractivity contribution < 1.29 is 9.21 Å². The van der Waals surface area contributed by atoms with E-state index in [4.69, 9.17) is 10.2 Å². The first kappa shape index (κ1) is 10.7. The maximum Gasteiger partial charge on any atom is 0.289 e. The minimum Gasteiger partial charge on any atom is -0.434 e. The van der Waals surface area contributed by atoms with E-state index in [-0.39, 0.29) is 23.8 Å². The summed E-state index contributed by atoms with van der Waals surface area (Å²) in [6, 6.07) is 0. The first-order chi connectivity index (χ1) is 6.42. The van der Waals surface area contributed by atoms with Crippen LogP contribution in [0, 0.1) is 0 Å². The van der Waals surface area contributed by atoms with E-state index in [0.29, 0.717) is 5.89 Å². The molecule has 0 atom stereocenters. The molecule has 0 aliphatic rings. The third-order valence-electron chi connectivity index (χ3n) is 1.44. The van der Waals surface area contributed by atoms with Gasteiger partial charge in [0.15, 0.2) is 0 Å². The van der Waals surface area contributed by atoms with Crippen molar-refractivity contribution in [2.45, 2.75) is 32.9 Å². The number of nitrogens with zero attached hydrogens (tertiary/aromatic N) is 1. The molecule has 1 heterocycles. The lowest BCUT2D eigenvalue weighted by Gasteiger charge is -2.19. The second kappa shape index (κ2) is 3.79. The Morgan fingerprint density at radius 1 is 1.64 bits per heavy atom. The molecule has 0 saturated carbocycles. The number of nitrogens with one attached hydrogen (secondary N) is 1. The smallest absolute Gasteiger partial charge is 0.289 e. The average molecular weight is 197 g/mol. The van der Waals surface area contributed by atoms with Crippen LogP contribution < -0.4 is 11.1 Å². The molecule has 0 aliphatic heterocycles. The lowest BCUT2D eigenvalue weighted by Crippen LogP contribution is -2.40. The lowest BCUT2D eigenvalue weighted by molar-refractivity contribution is 0.0889. The number of hydrogen-bond donors (Lipinski definition) is 2. The molecule has 1 aromatic heterocycles. The summed E-state index contributed by atoms with van der Waals surface area (Å²) in [6.45, 7) is 5.88. The molecule has 5 heteroatoms. The number of oxazole rings is 1. The highest BCUT2D eigenvalue weighted by Gasteiger charge is 2.18. The quantitative estimate of drug-likeness (QED) is 0.729. The van der Waals surface area contributed by atoms with Crippen molar-refractivity contribution in [2.24, 2.45) is 5.73 Å². The van der Waals surface area contributed by atoms with Crippen molar-refractivity contribution in [3.05, 3.63) is 17.8 Å². The minimum absolute atomic E-state index is 0.195. The van der Waals surface area contributed by atoms with Crippen molar-refractivity contribution in [3.63, 3.8) is 0 Å². The highest BCUT2D eigenvalue weighted by atomic mass is 16.4. The molecular weight excluding hydrogens is 182 g/mol. The largest absolute Gasteiger partial charge is 0.434 e. The van der Waals surface area contributed by atoms with Gasteiger partial charge in [-0.15, -0.1) is 0 Å². The van der Waals surface area contributed by atoms with Gasteiger partial charge in [-0.1, -0.05) is 0 Å². The van der Waals surface area contributed by atoms with Gasteiger partial charge in [0.25, 0.3) is 5.91 Å². The van der Waals surface area contributed by atoms with Crippen molar-refractivity contribution in [3.8, 4) is 0 Å². The number of aromatic nitrogens is 1. The third kappa shape index (κ3) is 2.85. The molecule has 1 amide bonds. The van der Waals surface area contributed by atoms with Gasteiger partial charge >= 0.3 is 0 Å². The van der Waals surface area contributed by atoms with Gasteiger partial charge < -0.3 is 15.5 Å². The molecule has 0 spiro atoms. The van der Waals surface area contributed by atoms with E-state index in [0.717, 1.165) is 0 Å². The van der Waals surface area contributed by atoms with Gasteiger partial charge in [0.05, 0.1) is 12.7 Å². The molecule has 0 unspecified atom stereocenters. The number of rotatable bonds is 2. The minimum atomic E-state index is -0.285. The van der Waals surface area contributed by atoms with Crippen LogP contribution in [-0.4, -0.2) is 16.4 Å². The van der Waals surface area contributed by atoms with Gasteiger partial charge in [-0.25, -0.2) is 4.98 Å². The summed E-state index contributed by atoms with van der Waals surface area (Å²) in [6.07, 6.45) is 1.38. The predicted octanol–water partition coefficient (Wildman–Crippen LogP) is 0.662. The summed E-state index contributed by atoms with van der Waals surface area (Å²) in [5.41, 5.74) is 5.02. The summed E-state index contributed by atoms with van der Waals surface area (Å²) >= 11 is 0. The fraction of sp³-hybridized carbons (Fsp3) is 0.556. The van der Waals surface area contributed by atoms with Crippen LogP contribution in [0.2, 0.25) is 0 Å². The number of amides is 1. The van der Waals surface area contributed by atoms with Gasteiger partial charge in [-0.3, -0.25) is 4.79 Å². The fourth-order valence-electron chi connectivity index (χ4n) is 0.912. The topological polar surface area (TPSA) is 81.2 Å². The van der Waals surface area contributed by atoms with Gasteiger partial charge in [-0.05, 0) is 20.8 Å². The Kier molecular flexibility index (Phi) is 2.90. The van der Waals surface area contributed by atoms with Crippen LogP contribution in [0.1, 0.15) is 37.2 Å². The zero-order valence-corrected chi connectivity index (χ0v) is 8.63. The molecule has 3 N–H and O–H groups in total. The van der Waals surface area contributed by atoms with E-state index < -0.39 is 0 Å². The predicted molar refractivity (Wildman–Crippen MR) is 51.6 cm³/mol. The maximum absolute atomic E-state index is 11.5. The SMILES string of the molecule is CC(C)(C)NC(=O)c1cnc(CN)o1. The zero-order valence-electron chi connectivity index (χ0n) is 8.63. The molecule has 0 radical (unpaired) electrons. The fourth-order valence-corrected chi connectivity index (χ4v) is 0.912. The van der Waals surface area contributed by atoms with Crippen LogP contribution in [0.3, 0.4) is 0 Å². The standard InChI is InChI=1S/C9H15N3O2/c1-9(2,3)12-8(13)6-5-11-7(4-10)14-6/h5H,4,10H2,1-3H3,(H,12,13). The third-order valence-corrected chi connectivity index (χ3v) is 1.44. The number of hydrogen-bond acceptors (Lipinski definition) is 4. The monoisotopic (exact) mass is 197 g/mol. The van der Waals surface area contributed by atoms with Gasteiger partial charge in [0, 0.05) is 5.54 Å². The van der Waals surface area contributed by atoms with Crippen LogP contribution in [0.15, 0.2) is 10.6 Å². The highest BCUT2D eigenvalue weighted by Crippen LogP contribution is 2.06. The molecule has 0 aromatic carbocycles.